The first-order valence-corrected chi connectivity index (χ1v) is 6.72. The Balaban J connectivity index is 1.66. The van der Waals surface area contributed by atoms with Crippen molar-refractivity contribution in [2.45, 2.75) is 19.6 Å². The highest BCUT2D eigenvalue weighted by molar-refractivity contribution is 5.37. The molecule has 0 aliphatic carbocycles. The van der Waals surface area contributed by atoms with E-state index in [1.54, 1.807) is 18.6 Å². The number of hydrogen-bond donors (Lipinski definition) is 1. The number of fused-ring (bicyclic) bond motifs is 1. The van der Waals surface area contributed by atoms with Gasteiger partial charge in [-0.2, -0.15) is 0 Å². The Labute approximate surface area is 120 Å². The highest BCUT2D eigenvalue weighted by Crippen LogP contribution is 2.21. The maximum atomic E-state index is 7.72. The van der Waals surface area contributed by atoms with Gasteiger partial charge in [0.05, 0.1) is 19.0 Å². The molecule has 2 heterocycles. The minimum absolute atomic E-state index is 0.424. The van der Waals surface area contributed by atoms with Crippen LogP contribution in [-0.2, 0) is 19.6 Å². The summed E-state index contributed by atoms with van der Waals surface area (Å²) in [4.78, 5) is 4.28. The molecule has 1 aliphatic rings. The average Bonchev–Trinajstić information content (AvgIpc) is 2.53. The number of methoxy groups -OCH3 is 1. The number of benzene rings is 1. The maximum Gasteiger partial charge on any atom is 0.137 e. The van der Waals surface area contributed by atoms with Crippen molar-refractivity contribution in [3.63, 3.8) is 0 Å². The van der Waals surface area contributed by atoms with Gasteiger partial charge in [-0.1, -0.05) is 6.07 Å². The summed E-state index contributed by atoms with van der Waals surface area (Å²) in [5.41, 5.74) is 3.35. The zero-order valence-electron chi connectivity index (χ0n) is 12.5. The predicted molar refractivity (Wildman–Crippen MR) is 77.0 cm³/mol. The lowest BCUT2D eigenvalue weighted by Crippen LogP contribution is -2.23. The van der Waals surface area contributed by atoms with Crippen molar-refractivity contribution in [3.05, 3.63) is 53.3 Å². The van der Waals surface area contributed by atoms with Crippen molar-refractivity contribution in [1.82, 2.24) is 10.3 Å². The molecule has 0 saturated carbocycles. The van der Waals surface area contributed by atoms with Gasteiger partial charge in [0.1, 0.15) is 19.5 Å². The molecule has 0 saturated heterocycles. The fourth-order valence-electron chi connectivity index (χ4n) is 2.26. The molecule has 1 aromatic heterocycles. The molecule has 0 amide bonds. The number of ether oxygens (including phenoxy) is 2. The van der Waals surface area contributed by atoms with Crippen molar-refractivity contribution < 1.29 is 10.9 Å². The van der Waals surface area contributed by atoms with E-state index in [-0.39, 0.29) is 0 Å². The number of nitrogens with one attached hydrogen (secondary N) is 1. The predicted octanol–water partition coefficient (Wildman–Crippen LogP) is 2.31. The largest absolute Gasteiger partial charge is 0.495 e. The second-order valence-corrected chi connectivity index (χ2v) is 4.76. The first-order chi connectivity index (χ1) is 10.2. The van der Waals surface area contributed by atoms with E-state index in [9.17, 15) is 0 Å². The molecule has 0 atom stereocenters. The summed E-state index contributed by atoms with van der Waals surface area (Å²) in [6, 6.07) is 9.87. The zero-order chi connectivity index (χ0) is 14.7. The molecule has 1 aromatic carbocycles. The lowest BCUT2D eigenvalue weighted by Gasteiger charge is -2.18. The zero-order valence-corrected chi connectivity index (χ0v) is 11.5. The average molecular weight is 271 g/mol. The van der Waals surface area contributed by atoms with Gasteiger partial charge in [-0.25, -0.2) is 0 Å². The van der Waals surface area contributed by atoms with Crippen molar-refractivity contribution in [1.29, 1.82) is 0 Å². The summed E-state index contributed by atoms with van der Waals surface area (Å²) in [5.74, 6) is 1.56. The summed E-state index contributed by atoms with van der Waals surface area (Å²) < 4.78 is 18.6. The first kappa shape index (κ1) is 11.7. The Morgan fingerprint density at radius 2 is 2.15 bits per heavy atom. The van der Waals surface area contributed by atoms with Gasteiger partial charge in [-0.05, 0) is 48.4 Å². The Bertz CT molecular complexity index is 616. The van der Waals surface area contributed by atoms with Crippen molar-refractivity contribution in [3.8, 4) is 11.5 Å². The molecule has 1 aliphatic heterocycles. The third-order valence-corrected chi connectivity index (χ3v) is 3.42. The van der Waals surface area contributed by atoms with Gasteiger partial charge in [0.15, 0.2) is 0 Å². The van der Waals surface area contributed by atoms with Gasteiger partial charge in [0, 0.05) is 6.54 Å². The Hall–Kier alpha value is -2.07. The van der Waals surface area contributed by atoms with Crippen LogP contribution in [0.3, 0.4) is 0 Å². The SMILES string of the molecule is [2H]N1CCc2ccc(OCc3ccc(OC)cn3)cc2C1. The molecule has 0 radical (unpaired) electrons. The molecule has 0 spiro atoms. The van der Waals surface area contributed by atoms with Gasteiger partial charge >= 0.3 is 0 Å². The molecule has 2 aromatic rings. The van der Waals surface area contributed by atoms with Gasteiger partial charge < -0.3 is 14.8 Å². The second-order valence-electron chi connectivity index (χ2n) is 4.76. The van der Waals surface area contributed by atoms with Crippen LogP contribution in [0, 0.1) is 0 Å². The Morgan fingerprint density at radius 3 is 2.95 bits per heavy atom. The minimum atomic E-state index is 0.424. The van der Waals surface area contributed by atoms with Crippen LogP contribution >= 0.6 is 0 Å². The molecule has 0 unspecified atom stereocenters. The molecule has 4 nitrogen and oxygen atoms in total. The van der Waals surface area contributed by atoms with Crippen LogP contribution in [0.4, 0.5) is 0 Å². The summed E-state index contributed by atoms with van der Waals surface area (Å²) in [7, 11) is 1.62. The van der Waals surface area contributed by atoms with Crippen molar-refractivity contribution in [2.75, 3.05) is 13.7 Å². The van der Waals surface area contributed by atoms with Crippen LogP contribution in [0.25, 0.3) is 0 Å². The fourth-order valence-corrected chi connectivity index (χ4v) is 2.26. The standard InChI is InChI=1S/C16H18N2O2/c1-19-16-5-3-14(18-10-16)11-20-15-4-2-12-6-7-17-9-13(12)8-15/h2-5,8,10,17H,6-7,9,11H2,1H3/i/hD. The van der Waals surface area contributed by atoms with E-state index in [4.69, 9.17) is 10.9 Å². The Morgan fingerprint density at radius 1 is 1.25 bits per heavy atom. The van der Waals surface area contributed by atoms with Crippen molar-refractivity contribution >= 4 is 0 Å². The van der Waals surface area contributed by atoms with E-state index in [1.807, 2.05) is 24.3 Å². The molecule has 1 N–H and O–H groups in total. The Kier molecular flexibility index (Phi) is 3.47. The number of nitrogens with zero attached hydrogens (tertiary/aromatic N) is 1. The molecular formula is C16H18N2O2. The van der Waals surface area contributed by atoms with Crippen LogP contribution in [0.15, 0.2) is 36.5 Å². The molecule has 104 valence electrons. The molecule has 0 bridgehead atoms. The van der Waals surface area contributed by atoms with Crippen LogP contribution in [0.1, 0.15) is 16.8 Å². The van der Waals surface area contributed by atoms with Crippen LogP contribution in [0.2, 0.25) is 1.41 Å². The van der Waals surface area contributed by atoms with E-state index in [0.717, 1.165) is 30.2 Å². The van der Waals surface area contributed by atoms with E-state index in [0.29, 0.717) is 13.2 Å². The van der Waals surface area contributed by atoms with Crippen LogP contribution in [-0.4, -0.2) is 18.6 Å². The van der Waals surface area contributed by atoms with Gasteiger partial charge in [-0.15, -0.1) is 0 Å². The lowest BCUT2D eigenvalue weighted by molar-refractivity contribution is 0.300. The first-order valence-electron chi connectivity index (χ1n) is 7.16. The monoisotopic (exact) mass is 271 g/mol. The lowest BCUT2D eigenvalue weighted by atomic mass is 10.0. The molecule has 0 fully saturated rings. The van der Waals surface area contributed by atoms with Gasteiger partial charge in [-0.3, -0.25) is 4.98 Å². The normalized spacial score (nSPS) is 15.3. The van der Waals surface area contributed by atoms with Gasteiger partial charge in [0.25, 0.3) is 0 Å². The molecular weight excluding hydrogens is 252 g/mol. The van der Waals surface area contributed by atoms with E-state index < -0.39 is 0 Å². The topological polar surface area (TPSA) is 43.4 Å². The number of aromatic nitrogens is 1. The quantitative estimate of drug-likeness (QED) is 0.926. The van der Waals surface area contributed by atoms with Crippen LogP contribution in [0.5, 0.6) is 11.5 Å². The second kappa shape index (κ2) is 5.92. The summed E-state index contributed by atoms with van der Waals surface area (Å²) >= 11 is 0. The van der Waals surface area contributed by atoms with E-state index >= 15 is 0 Å². The number of pyridine rings is 1. The highest BCUT2D eigenvalue weighted by atomic mass is 16.5. The highest BCUT2D eigenvalue weighted by Gasteiger charge is 2.09. The van der Waals surface area contributed by atoms with E-state index in [2.05, 4.69) is 11.1 Å². The van der Waals surface area contributed by atoms with Crippen LogP contribution < -0.4 is 14.8 Å². The molecule has 4 heteroatoms. The third kappa shape index (κ3) is 2.91. The molecule has 20 heavy (non-hydrogen) atoms. The van der Waals surface area contributed by atoms with E-state index in [1.165, 1.54) is 11.1 Å². The molecule has 3 rings (SSSR count). The maximum absolute atomic E-state index is 7.72. The summed E-state index contributed by atoms with van der Waals surface area (Å²) in [5, 5.41) is 1.58. The third-order valence-electron chi connectivity index (χ3n) is 3.42. The smallest absolute Gasteiger partial charge is 0.137 e. The fraction of sp³-hybridized carbons (Fsp3) is 0.312. The number of hydrogen-bond acceptors (Lipinski definition) is 4. The number of rotatable bonds is 4. The van der Waals surface area contributed by atoms with Crippen molar-refractivity contribution in [2.24, 2.45) is 0 Å². The minimum Gasteiger partial charge on any atom is -0.495 e. The van der Waals surface area contributed by atoms with Gasteiger partial charge in [0.2, 0.25) is 0 Å². The summed E-state index contributed by atoms with van der Waals surface area (Å²) in [6.45, 7) is 1.88. The summed E-state index contributed by atoms with van der Waals surface area (Å²) in [6.07, 6.45) is 2.61.